The van der Waals surface area contributed by atoms with Gasteiger partial charge in [-0.25, -0.2) is 8.42 Å². The predicted molar refractivity (Wildman–Crippen MR) is 71.7 cm³/mol. The minimum atomic E-state index is -3.12. The zero-order valence-corrected chi connectivity index (χ0v) is 11.2. The molecule has 0 aliphatic rings. The summed E-state index contributed by atoms with van der Waals surface area (Å²) in [6.07, 6.45) is 5.20. The summed E-state index contributed by atoms with van der Waals surface area (Å²) in [5.41, 5.74) is 6.12. The Balaban J connectivity index is 2.48. The summed E-state index contributed by atoms with van der Waals surface area (Å²) < 4.78 is 23.9. The smallest absolute Gasteiger partial charge is 0.178 e. The minimum absolute atomic E-state index is 0.237. The zero-order valence-electron chi connectivity index (χ0n) is 10.4. The van der Waals surface area contributed by atoms with Crippen molar-refractivity contribution in [1.82, 2.24) is 0 Å². The van der Waals surface area contributed by atoms with Gasteiger partial charge in [0, 0.05) is 5.69 Å². The summed E-state index contributed by atoms with van der Waals surface area (Å²) in [5.74, 6) is 0.237. The largest absolute Gasteiger partial charge is 0.399 e. The van der Waals surface area contributed by atoms with E-state index < -0.39 is 9.84 Å². The molecule has 1 aromatic rings. The first-order valence-corrected chi connectivity index (χ1v) is 7.80. The lowest BCUT2D eigenvalue weighted by Gasteiger charge is -2.04. The van der Waals surface area contributed by atoms with Crippen LogP contribution in [-0.4, -0.2) is 14.2 Å². The average molecular weight is 255 g/mol. The van der Waals surface area contributed by atoms with Gasteiger partial charge in [0.05, 0.1) is 10.6 Å². The highest BCUT2D eigenvalue weighted by molar-refractivity contribution is 7.91. The first-order valence-electron chi connectivity index (χ1n) is 6.14. The molecule has 0 amide bonds. The molecule has 4 heteroatoms. The van der Waals surface area contributed by atoms with Crippen LogP contribution in [-0.2, 0) is 9.84 Å². The number of rotatable bonds is 7. The molecule has 2 N–H and O–H groups in total. The van der Waals surface area contributed by atoms with Crippen molar-refractivity contribution < 1.29 is 8.42 Å². The van der Waals surface area contributed by atoms with Gasteiger partial charge in [-0.2, -0.15) is 0 Å². The molecule has 1 rings (SSSR count). The third-order valence-electron chi connectivity index (χ3n) is 2.76. The van der Waals surface area contributed by atoms with Crippen LogP contribution in [0.25, 0.3) is 0 Å². The van der Waals surface area contributed by atoms with Crippen LogP contribution in [0.1, 0.15) is 39.0 Å². The van der Waals surface area contributed by atoms with E-state index in [1.165, 1.54) is 12.8 Å². The Labute approximate surface area is 104 Å². The number of unbranched alkanes of at least 4 members (excludes halogenated alkanes) is 4. The van der Waals surface area contributed by atoms with E-state index in [0.717, 1.165) is 19.3 Å². The molecule has 0 bridgehead atoms. The minimum Gasteiger partial charge on any atom is -0.399 e. The van der Waals surface area contributed by atoms with Gasteiger partial charge in [0.2, 0.25) is 0 Å². The SMILES string of the molecule is CCCCCCCS(=O)(=O)c1ccc(N)cc1. The van der Waals surface area contributed by atoms with Crippen molar-refractivity contribution in [2.75, 3.05) is 11.5 Å². The molecule has 0 radical (unpaired) electrons. The van der Waals surface area contributed by atoms with Crippen molar-refractivity contribution in [1.29, 1.82) is 0 Å². The van der Waals surface area contributed by atoms with Crippen LogP contribution in [0.5, 0.6) is 0 Å². The lowest BCUT2D eigenvalue weighted by molar-refractivity contribution is 0.587. The van der Waals surface area contributed by atoms with Gasteiger partial charge in [-0.15, -0.1) is 0 Å². The van der Waals surface area contributed by atoms with E-state index in [2.05, 4.69) is 6.92 Å². The normalized spacial score (nSPS) is 11.6. The van der Waals surface area contributed by atoms with Crippen LogP contribution in [0.15, 0.2) is 29.2 Å². The zero-order chi connectivity index (χ0) is 12.7. The molecule has 0 heterocycles. The standard InChI is InChI=1S/C13H21NO2S/c1-2-3-4-5-6-11-17(15,16)13-9-7-12(14)8-10-13/h7-10H,2-6,11,14H2,1H3. The molecule has 0 saturated carbocycles. The lowest BCUT2D eigenvalue weighted by atomic mass is 10.2. The fourth-order valence-corrected chi connectivity index (χ4v) is 3.06. The van der Waals surface area contributed by atoms with Crippen molar-refractivity contribution in [2.24, 2.45) is 0 Å². The number of anilines is 1. The highest BCUT2D eigenvalue weighted by Crippen LogP contribution is 2.15. The molecule has 17 heavy (non-hydrogen) atoms. The predicted octanol–water partition coefficient (Wildman–Crippen LogP) is 3.01. The average Bonchev–Trinajstić information content (AvgIpc) is 2.29. The summed E-state index contributed by atoms with van der Waals surface area (Å²) in [5, 5.41) is 0. The Morgan fingerprint density at radius 3 is 2.18 bits per heavy atom. The van der Waals surface area contributed by atoms with Crippen LogP contribution < -0.4 is 5.73 Å². The van der Waals surface area contributed by atoms with Gasteiger partial charge in [0.1, 0.15) is 0 Å². The Kier molecular flexibility index (Phi) is 5.48. The van der Waals surface area contributed by atoms with Gasteiger partial charge in [-0.1, -0.05) is 32.6 Å². The molecule has 0 unspecified atom stereocenters. The number of nitrogen functional groups attached to an aromatic ring is 1. The van der Waals surface area contributed by atoms with Gasteiger partial charge in [0.15, 0.2) is 9.84 Å². The molecular formula is C13H21NO2S. The van der Waals surface area contributed by atoms with Crippen LogP contribution in [0.2, 0.25) is 0 Å². The molecule has 0 aliphatic carbocycles. The highest BCUT2D eigenvalue weighted by atomic mass is 32.2. The van der Waals surface area contributed by atoms with Crippen LogP contribution in [0.3, 0.4) is 0 Å². The molecule has 0 spiro atoms. The topological polar surface area (TPSA) is 60.2 Å². The van der Waals surface area contributed by atoms with E-state index in [9.17, 15) is 8.42 Å². The first kappa shape index (κ1) is 14.0. The number of benzene rings is 1. The molecular weight excluding hydrogens is 234 g/mol. The number of hydrogen-bond donors (Lipinski definition) is 1. The number of sulfone groups is 1. The molecule has 1 aromatic carbocycles. The van der Waals surface area contributed by atoms with Gasteiger partial charge >= 0.3 is 0 Å². The Bertz CT molecular complexity index is 423. The lowest BCUT2D eigenvalue weighted by Crippen LogP contribution is -2.06. The van der Waals surface area contributed by atoms with E-state index >= 15 is 0 Å². The van der Waals surface area contributed by atoms with Gasteiger partial charge < -0.3 is 5.73 Å². The summed E-state index contributed by atoms with van der Waals surface area (Å²) >= 11 is 0. The van der Waals surface area contributed by atoms with Crippen molar-refractivity contribution in [3.63, 3.8) is 0 Å². The number of nitrogens with two attached hydrogens (primary N) is 1. The summed E-state index contributed by atoms with van der Waals surface area (Å²) in [6, 6.07) is 6.42. The molecule has 0 atom stereocenters. The maximum Gasteiger partial charge on any atom is 0.178 e. The van der Waals surface area contributed by atoms with E-state index in [-0.39, 0.29) is 5.75 Å². The summed E-state index contributed by atoms with van der Waals surface area (Å²) in [7, 11) is -3.12. The molecule has 0 fully saturated rings. The third kappa shape index (κ3) is 4.77. The molecule has 0 saturated heterocycles. The Hall–Kier alpha value is -1.03. The van der Waals surface area contributed by atoms with Crippen molar-refractivity contribution in [3.8, 4) is 0 Å². The highest BCUT2D eigenvalue weighted by Gasteiger charge is 2.13. The second-order valence-electron chi connectivity index (χ2n) is 4.30. The first-order chi connectivity index (χ1) is 8.06. The molecule has 96 valence electrons. The van der Waals surface area contributed by atoms with Gasteiger partial charge in [0.25, 0.3) is 0 Å². The number of hydrogen-bond acceptors (Lipinski definition) is 3. The summed E-state index contributed by atoms with van der Waals surface area (Å²) in [4.78, 5) is 0.377. The third-order valence-corrected chi connectivity index (χ3v) is 4.57. The van der Waals surface area contributed by atoms with Crippen molar-refractivity contribution in [2.45, 2.75) is 43.9 Å². The van der Waals surface area contributed by atoms with E-state index in [4.69, 9.17) is 5.73 Å². The Morgan fingerprint density at radius 2 is 1.59 bits per heavy atom. The quantitative estimate of drug-likeness (QED) is 0.602. The van der Waals surface area contributed by atoms with E-state index in [0.29, 0.717) is 10.6 Å². The van der Waals surface area contributed by atoms with Crippen molar-refractivity contribution in [3.05, 3.63) is 24.3 Å². The molecule has 3 nitrogen and oxygen atoms in total. The van der Waals surface area contributed by atoms with E-state index in [1.54, 1.807) is 24.3 Å². The molecule has 0 aliphatic heterocycles. The fourth-order valence-electron chi connectivity index (χ4n) is 1.69. The maximum atomic E-state index is 11.9. The van der Waals surface area contributed by atoms with Gasteiger partial charge in [-0.05, 0) is 30.7 Å². The van der Waals surface area contributed by atoms with Crippen LogP contribution >= 0.6 is 0 Å². The van der Waals surface area contributed by atoms with Gasteiger partial charge in [-0.3, -0.25) is 0 Å². The second kappa shape index (κ2) is 6.64. The van der Waals surface area contributed by atoms with Crippen molar-refractivity contribution >= 4 is 15.5 Å². The van der Waals surface area contributed by atoms with Crippen LogP contribution in [0, 0.1) is 0 Å². The fraction of sp³-hybridized carbons (Fsp3) is 0.538. The second-order valence-corrected chi connectivity index (χ2v) is 6.41. The summed E-state index contributed by atoms with van der Waals surface area (Å²) in [6.45, 7) is 2.14. The van der Waals surface area contributed by atoms with Crippen LogP contribution in [0.4, 0.5) is 5.69 Å². The van der Waals surface area contributed by atoms with E-state index in [1.807, 2.05) is 0 Å². The maximum absolute atomic E-state index is 11.9. The molecule has 0 aromatic heterocycles. The Morgan fingerprint density at radius 1 is 1.00 bits per heavy atom. The monoisotopic (exact) mass is 255 g/mol.